The Balaban J connectivity index is 1.60. The van der Waals surface area contributed by atoms with Crippen molar-refractivity contribution >= 4 is 28.8 Å². The van der Waals surface area contributed by atoms with Gasteiger partial charge in [0.2, 0.25) is 5.91 Å². The van der Waals surface area contributed by atoms with Crippen LogP contribution in [0.3, 0.4) is 0 Å². The third kappa shape index (κ3) is 4.80. The Hall–Kier alpha value is -2.99. The molecule has 0 bridgehead atoms. The van der Waals surface area contributed by atoms with Crippen LogP contribution >= 0.6 is 11.3 Å². The van der Waals surface area contributed by atoms with E-state index in [1.807, 2.05) is 55.6 Å². The molecule has 0 aliphatic carbocycles. The summed E-state index contributed by atoms with van der Waals surface area (Å²) in [4.78, 5) is 29.1. The number of hydrogen-bond donors (Lipinski definition) is 2. The highest BCUT2D eigenvalue weighted by molar-refractivity contribution is 7.09. The summed E-state index contributed by atoms with van der Waals surface area (Å²) in [5, 5.41) is 8.57. The first-order chi connectivity index (χ1) is 12.9. The van der Waals surface area contributed by atoms with Crippen LogP contribution in [0.5, 0.6) is 0 Å². The lowest BCUT2D eigenvalue weighted by Crippen LogP contribution is -2.41. The van der Waals surface area contributed by atoms with E-state index in [-0.39, 0.29) is 11.8 Å². The number of carbonyl (C=O) groups excluding carboxylic acids is 2. The summed E-state index contributed by atoms with van der Waals surface area (Å²) in [6.07, 6.45) is 0. The Morgan fingerprint density at radius 2 is 1.81 bits per heavy atom. The van der Waals surface area contributed by atoms with E-state index >= 15 is 0 Å². The van der Waals surface area contributed by atoms with Gasteiger partial charge in [-0.25, -0.2) is 4.98 Å². The number of amides is 2. The Morgan fingerprint density at radius 1 is 1.07 bits per heavy atom. The number of carbonyl (C=O) groups is 2. The van der Waals surface area contributed by atoms with Gasteiger partial charge in [-0.15, -0.1) is 11.3 Å². The van der Waals surface area contributed by atoms with E-state index in [2.05, 4.69) is 15.6 Å². The molecule has 2 aromatic carbocycles. The van der Waals surface area contributed by atoms with Crippen molar-refractivity contribution < 1.29 is 9.59 Å². The van der Waals surface area contributed by atoms with E-state index in [9.17, 15) is 9.59 Å². The Kier molecular flexibility index (Phi) is 5.66. The lowest BCUT2D eigenvalue weighted by Gasteiger charge is -2.14. The van der Waals surface area contributed by atoms with Crippen LogP contribution in [-0.4, -0.2) is 22.8 Å². The quantitative estimate of drug-likeness (QED) is 0.698. The second-order valence-electron chi connectivity index (χ2n) is 6.38. The minimum atomic E-state index is -0.654. The van der Waals surface area contributed by atoms with Gasteiger partial charge in [-0.05, 0) is 45.0 Å². The zero-order valence-electron chi connectivity index (χ0n) is 15.4. The van der Waals surface area contributed by atoms with Gasteiger partial charge in [0.25, 0.3) is 5.91 Å². The van der Waals surface area contributed by atoms with E-state index in [0.717, 1.165) is 21.8 Å². The maximum absolute atomic E-state index is 12.4. The molecule has 0 radical (unpaired) electrons. The monoisotopic (exact) mass is 379 g/mol. The van der Waals surface area contributed by atoms with Crippen molar-refractivity contribution in [2.24, 2.45) is 0 Å². The van der Waals surface area contributed by atoms with Crippen LogP contribution in [0.25, 0.3) is 11.3 Å². The summed E-state index contributed by atoms with van der Waals surface area (Å²) in [6.45, 7) is 5.55. The molecular formula is C21H21N3O2S. The van der Waals surface area contributed by atoms with Crippen LogP contribution in [0.2, 0.25) is 0 Å². The van der Waals surface area contributed by atoms with Gasteiger partial charge in [0.1, 0.15) is 6.04 Å². The van der Waals surface area contributed by atoms with Gasteiger partial charge in [-0.3, -0.25) is 9.59 Å². The maximum atomic E-state index is 12.4. The predicted octanol–water partition coefficient (Wildman–Crippen LogP) is 4.18. The highest BCUT2D eigenvalue weighted by Gasteiger charge is 2.17. The summed E-state index contributed by atoms with van der Waals surface area (Å²) in [7, 11) is 0. The molecule has 5 nitrogen and oxygen atoms in total. The number of aromatic nitrogens is 1. The smallest absolute Gasteiger partial charge is 0.251 e. The van der Waals surface area contributed by atoms with Gasteiger partial charge in [-0.1, -0.05) is 29.8 Å². The fourth-order valence-electron chi connectivity index (χ4n) is 2.60. The van der Waals surface area contributed by atoms with Crippen molar-refractivity contribution in [2.75, 3.05) is 5.32 Å². The Labute approximate surface area is 162 Å². The molecule has 0 fully saturated rings. The van der Waals surface area contributed by atoms with Crippen LogP contribution in [-0.2, 0) is 4.79 Å². The maximum Gasteiger partial charge on any atom is 0.251 e. The fraction of sp³-hybridized carbons (Fsp3) is 0.190. The highest BCUT2D eigenvalue weighted by Crippen LogP contribution is 2.23. The molecule has 1 atom stereocenters. The van der Waals surface area contributed by atoms with Crippen LogP contribution < -0.4 is 10.6 Å². The number of aryl methyl sites for hydroxylation is 2. The van der Waals surface area contributed by atoms with Gasteiger partial charge in [0.05, 0.1) is 10.7 Å². The lowest BCUT2D eigenvalue weighted by molar-refractivity contribution is -0.117. The summed E-state index contributed by atoms with van der Waals surface area (Å²) in [5.41, 5.74) is 4.13. The summed E-state index contributed by atoms with van der Waals surface area (Å²) < 4.78 is 0. The van der Waals surface area contributed by atoms with E-state index in [0.29, 0.717) is 11.3 Å². The molecule has 0 saturated heterocycles. The average Bonchev–Trinajstić information content (AvgIpc) is 3.08. The normalized spacial score (nSPS) is 11.7. The number of hydrogen-bond acceptors (Lipinski definition) is 4. The first-order valence-corrected chi connectivity index (χ1v) is 9.51. The van der Waals surface area contributed by atoms with Gasteiger partial charge in [0.15, 0.2) is 0 Å². The number of benzene rings is 2. The number of nitrogens with zero attached hydrogens (tertiary/aromatic N) is 1. The molecule has 0 saturated carbocycles. The predicted molar refractivity (Wildman–Crippen MR) is 109 cm³/mol. The third-order valence-electron chi connectivity index (χ3n) is 4.09. The molecule has 27 heavy (non-hydrogen) atoms. The molecule has 1 aromatic heterocycles. The summed E-state index contributed by atoms with van der Waals surface area (Å²) in [5.74, 6) is -0.538. The topological polar surface area (TPSA) is 71.1 Å². The fourth-order valence-corrected chi connectivity index (χ4v) is 3.22. The van der Waals surface area contributed by atoms with E-state index < -0.39 is 6.04 Å². The molecule has 0 unspecified atom stereocenters. The number of thiazole rings is 1. The first kappa shape index (κ1) is 18.8. The molecule has 6 heteroatoms. The molecule has 0 spiro atoms. The molecule has 3 rings (SSSR count). The van der Waals surface area contributed by atoms with E-state index in [4.69, 9.17) is 0 Å². The van der Waals surface area contributed by atoms with E-state index in [1.165, 1.54) is 0 Å². The van der Waals surface area contributed by atoms with Gasteiger partial charge in [-0.2, -0.15) is 0 Å². The number of anilines is 1. The largest absolute Gasteiger partial charge is 0.341 e. The van der Waals surface area contributed by atoms with Crippen molar-refractivity contribution in [3.8, 4) is 11.3 Å². The highest BCUT2D eigenvalue weighted by atomic mass is 32.1. The van der Waals surface area contributed by atoms with Crippen LogP contribution in [0.1, 0.15) is 27.9 Å². The minimum absolute atomic E-state index is 0.268. The molecular weight excluding hydrogens is 358 g/mol. The third-order valence-corrected chi connectivity index (χ3v) is 4.86. The molecule has 138 valence electrons. The Morgan fingerprint density at radius 3 is 2.44 bits per heavy atom. The van der Waals surface area contributed by atoms with Crippen LogP contribution in [0, 0.1) is 13.8 Å². The van der Waals surface area contributed by atoms with Crippen LogP contribution in [0.4, 0.5) is 5.69 Å². The standard InChI is InChI=1S/C21H21N3O2S/c1-13-5-4-6-17(11-13)21(26)22-14(2)20(25)24-18-9-7-16(8-10-18)19-12-27-15(3)23-19/h4-12,14H,1-3H3,(H,22,26)(H,24,25)/t14-/m0/s1. The molecule has 2 N–H and O–H groups in total. The minimum Gasteiger partial charge on any atom is -0.341 e. The molecule has 2 amide bonds. The Bertz CT molecular complexity index is 964. The molecule has 3 aromatic rings. The molecule has 0 aliphatic heterocycles. The van der Waals surface area contributed by atoms with Crippen molar-refractivity contribution in [3.63, 3.8) is 0 Å². The van der Waals surface area contributed by atoms with Crippen molar-refractivity contribution in [1.82, 2.24) is 10.3 Å². The van der Waals surface area contributed by atoms with Crippen molar-refractivity contribution in [3.05, 3.63) is 70.0 Å². The second-order valence-corrected chi connectivity index (χ2v) is 7.45. The lowest BCUT2D eigenvalue weighted by atomic mass is 10.1. The van der Waals surface area contributed by atoms with Gasteiger partial charge in [0, 0.05) is 22.2 Å². The number of rotatable bonds is 5. The van der Waals surface area contributed by atoms with E-state index in [1.54, 1.807) is 30.4 Å². The first-order valence-electron chi connectivity index (χ1n) is 8.63. The van der Waals surface area contributed by atoms with Gasteiger partial charge < -0.3 is 10.6 Å². The van der Waals surface area contributed by atoms with Crippen LogP contribution in [0.15, 0.2) is 53.9 Å². The summed E-state index contributed by atoms with van der Waals surface area (Å²) in [6, 6.07) is 14.1. The second kappa shape index (κ2) is 8.14. The zero-order valence-corrected chi connectivity index (χ0v) is 16.3. The van der Waals surface area contributed by atoms with Crippen molar-refractivity contribution in [1.29, 1.82) is 0 Å². The SMILES string of the molecule is Cc1cccc(C(=O)N[C@@H](C)C(=O)Nc2ccc(-c3csc(C)n3)cc2)c1. The average molecular weight is 379 g/mol. The molecule has 0 aliphatic rings. The molecule has 1 heterocycles. The zero-order chi connectivity index (χ0) is 19.4. The number of nitrogens with one attached hydrogen (secondary N) is 2. The summed E-state index contributed by atoms with van der Waals surface area (Å²) >= 11 is 1.60. The van der Waals surface area contributed by atoms with Crippen molar-refractivity contribution in [2.45, 2.75) is 26.8 Å². The van der Waals surface area contributed by atoms with Gasteiger partial charge >= 0.3 is 0 Å².